The monoisotopic (exact) mass is 393 g/mol. The second kappa shape index (κ2) is 7.14. The third-order valence-corrected chi connectivity index (χ3v) is 5.59. The van der Waals surface area contributed by atoms with Crippen LogP contribution in [0.5, 0.6) is 0 Å². The van der Waals surface area contributed by atoms with Gasteiger partial charge in [0.05, 0.1) is 5.56 Å². The van der Waals surface area contributed by atoms with Crippen molar-refractivity contribution in [3.63, 3.8) is 0 Å². The van der Waals surface area contributed by atoms with Crippen LogP contribution in [0.3, 0.4) is 0 Å². The summed E-state index contributed by atoms with van der Waals surface area (Å²) >= 11 is 0. The van der Waals surface area contributed by atoms with Crippen molar-refractivity contribution >= 4 is 11.6 Å². The molecule has 1 saturated heterocycles. The maximum atomic E-state index is 12.9. The van der Waals surface area contributed by atoms with Crippen LogP contribution >= 0.6 is 0 Å². The molecule has 2 aromatic rings. The molecule has 1 amide bonds. The summed E-state index contributed by atoms with van der Waals surface area (Å²) in [6, 6.07) is 5.31. The minimum atomic E-state index is -4.36. The molecule has 1 atom stereocenters. The number of rotatable bonds is 2. The zero-order chi connectivity index (χ0) is 19.9. The van der Waals surface area contributed by atoms with Gasteiger partial charge in [0.25, 0.3) is 5.91 Å². The second-order valence-corrected chi connectivity index (χ2v) is 7.61. The third kappa shape index (κ3) is 3.59. The molecule has 1 aliphatic heterocycles. The van der Waals surface area contributed by atoms with E-state index in [1.165, 1.54) is 6.07 Å². The molecule has 5 nitrogen and oxygen atoms in total. The summed E-state index contributed by atoms with van der Waals surface area (Å²) in [5.41, 5.74) is 1.18. The molecule has 1 aromatic heterocycles. The number of aromatic nitrogens is 1. The number of carbonyl (C=O) groups excluding carboxylic acids is 1. The molecule has 150 valence electrons. The molecule has 1 aliphatic carbocycles. The highest BCUT2D eigenvalue weighted by molar-refractivity contribution is 5.94. The fraction of sp³-hybridized carbons (Fsp3) is 0.500. The van der Waals surface area contributed by atoms with Crippen LogP contribution in [-0.2, 0) is 19.0 Å². The van der Waals surface area contributed by atoms with E-state index in [-0.39, 0.29) is 5.91 Å². The quantitative estimate of drug-likeness (QED) is 0.779. The first kappa shape index (κ1) is 18.8. The topological polar surface area (TPSA) is 49.6 Å². The maximum Gasteiger partial charge on any atom is 0.416 e. The van der Waals surface area contributed by atoms with E-state index in [0.717, 1.165) is 42.7 Å². The highest BCUT2D eigenvalue weighted by atomic mass is 19.4. The second-order valence-electron chi connectivity index (χ2n) is 7.61. The Bertz CT molecular complexity index is 870. The smallest absolute Gasteiger partial charge is 0.368 e. The summed E-state index contributed by atoms with van der Waals surface area (Å²) in [5, 5.41) is 4.02. The van der Waals surface area contributed by atoms with Gasteiger partial charge in [-0.25, -0.2) is 0 Å². The van der Waals surface area contributed by atoms with Crippen molar-refractivity contribution in [1.29, 1.82) is 0 Å². The fourth-order valence-electron chi connectivity index (χ4n) is 3.94. The van der Waals surface area contributed by atoms with Crippen LogP contribution in [0.25, 0.3) is 0 Å². The predicted molar refractivity (Wildman–Crippen MR) is 97.3 cm³/mol. The summed E-state index contributed by atoms with van der Waals surface area (Å²) in [6.07, 6.45) is -1.73. The van der Waals surface area contributed by atoms with E-state index in [1.807, 2.05) is 4.90 Å². The molecule has 0 saturated carbocycles. The number of piperazine rings is 1. The van der Waals surface area contributed by atoms with Crippen LogP contribution in [0.15, 0.2) is 28.8 Å². The van der Waals surface area contributed by atoms with Crippen LogP contribution in [0.1, 0.15) is 40.7 Å². The zero-order valence-corrected chi connectivity index (χ0v) is 15.6. The van der Waals surface area contributed by atoms with E-state index in [1.54, 1.807) is 11.0 Å². The number of hydrogen-bond donors (Lipinski definition) is 0. The minimum Gasteiger partial charge on any atom is -0.368 e. The van der Waals surface area contributed by atoms with Gasteiger partial charge in [-0.15, -0.1) is 0 Å². The number of halogens is 3. The Morgan fingerprint density at radius 2 is 1.96 bits per heavy atom. The summed E-state index contributed by atoms with van der Waals surface area (Å²) in [4.78, 5) is 16.5. The lowest BCUT2D eigenvalue weighted by atomic mass is 9.88. The third-order valence-electron chi connectivity index (χ3n) is 5.59. The number of hydrogen-bond acceptors (Lipinski definition) is 4. The maximum absolute atomic E-state index is 12.9. The summed E-state index contributed by atoms with van der Waals surface area (Å²) in [5.74, 6) is 1.16. The Labute approximate surface area is 161 Å². The van der Waals surface area contributed by atoms with E-state index in [0.29, 0.717) is 43.5 Å². The molecule has 1 aromatic carbocycles. The largest absolute Gasteiger partial charge is 0.416 e. The number of carbonyl (C=O) groups is 1. The van der Waals surface area contributed by atoms with E-state index >= 15 is 0 Å². The number of anilines is 1. The molecule has 0 radical (unpaired) electrons. The van der Waals surface area contributed by atoms with Crippen molar-refractivity contribution in [1.82, 2.24) is 10.1 Å². The molecule has 1 fully saturated rings. The minimum absolute atomic E-state index is 0.150. The number of nitrogens with zero attached hydrogens (tertiary/aromatic N) is 3. The van der Waals surface area contributed by atoms with Crippen molar-refractivity contribution in [3.8, 4) is 0 Å². The van der Waals surface area contributed by atoms with E-state index in [4.69, 9.17) is 4.52 Å². The Kier molecular flexibility index (Phi) is 4.81. The van der Waals surface area contributed by atoms with Gasteiger partial charge in [-0.2, -0.15) is 13.2 Å². The van der Waals surface area contributed by atoms with Crippen LogP contribution < -0.4 is 4.90 Å². The highest BCUT2D eigenvalue weighted by Gasteiger charge is 2.33. The van der Waals surface area contributed by atoms with Crippen molar-refractivity contribution in [3.05, 3.63) is 46.8 Å². The molecule has 2 aliphatic rings. The van der Waals surface area contributed by atoms with E-state index in [2.05, 4.69) is 12.1 Å². The summed E-state index contributed by atoms with van der Waals surface area (Å²) in [7, 11) is 0. The molecule has 1 unspecified atom stereocenters. The van der Waals surface area contributed by atoms with Gasteiger partial charge in [-0.1, -0.05) is 18.1 Å². The molecule has 4 rings (SSSR count). The van der Waals surface area contributed by atoms with Crippen LogP contribution in [-0.4, -0.2) is 42.1 Å². The van der Waals surface area contributed by atoms with Crippen molar-refractivity contribution in [2.24, 2.45) is 5.92 Å². The lowest BCUT2D eigenvalue weighted by Gasteiger charge is -2.36. The van der Waals surface area contributed by atoms with E-state index < -0.39 is 11.7 Å². The molecule has 2 heterocycles. The van der Waals surface area contributed by atoms with Gasteiger partial charge in [0, 0.05) is 43.9 Å². The lowest BCUT2D eigenvalue weighted by Crippen LogP contribution is -2.49. The molecule has 0 N–H and O–H groups in total. The summed E-state index contributed by atoms with van der Waals surface area (Å²) < 4.78 is 44.2. The van der Waals surface area contributed by atoms with Crippen LogP contribution in [0, 0.1) is 5.92 Å². The van der Waals surface area contributed by atoms with Gasteiger partial charge in [-0.05, 0) is 37.0 Å². The van der Waals surface area contributed by atoms with Crippen LogP contribution in [0.2, 0.25) is 0 Å². The Morgan fingerprint density at radius 3 is 2.68 bits per heavy atom. The van der Waals surface area contributed by atoms with Gasteiger partial charge in [0.1, 0.15) is 5.76 Å². The Hall–Kier alpha value is -2.51. The van der Waals surface area contributed by atoms with Crippen molar-refractivity contribution < 1.29 is 22.5 Å². The molecule has 28 heavy (non-hydrogen) atoms. The lowest BCUT2D eigenvalue weighted by molar-refractivity contribution is -0.137. The molecule has 0 spiro atoms. The number of benzene rings is 1. The van der Waals surface area contributed by atoms with Gasteiger partial charge in [0.15, 0.2) is 5.69 Å². The Morgan fingerprint density at radius 1 is 1.21 bits per heavy atom. The number of amides is 1. The number of fused-ring (bicyclic) bond motifs is 1. The van der Waals surface area contributed by atoms with Crippen LogP contribution in [0.4, 0.5) is 18.9 Å². The molecular weight excluding hydrogens is 371 g/mol. The van der Waals surface area contributed by atoms with Crippen molar-refractivity contribution in [2.45, 2.75) is 32.4 Å². The first-order valence-corrected chi connectivity index (χ1v) is 9.52. The van der Waals surface area contributed by atoms with Crippen molar-refractivity contribution in [2.75, 3.05) is 31.1 Å². The van der Waals surface area contributed by atoms with E-state index in [9.17, 15) is 18.0 Å². The van der Waals surface area contributed by atoms with Gasteiger partial charge < -0.3 is 14.3 Å². The predicted octanol–water partition coefficient (Wildman–Crippen LogP) is 3.78. The standard InChI is InChI=1S/C20H22F3N3O2/c1-13-5-6-17-16(11-13)18(24-28-17)19(27)26-9-7-25(8-10-26)15-4-2-3-14(12-15)20(21,22)23/h2-4,12-13H,5-11H2,1H3. The highest BCUT2D eigenvalue weighted by Crippen LogP contribution is 2.32. The zero-order valence-electron chi connectivity index (χ0n) is 15.6. The fourth-order valence-corrected chi connectivity index (χ4v) is 3.94. The van der Waals surface area contributed by atoms with Gasteiger partial charge in [0.2, 0.25) is 0 Å². The molecule has 0 bridgehead atoms. The van der Waals surface area contributed by atoms with Gasteiger partial charge >= 0.3 is 6.18 Å². The first-order chi connectivity index (χ1) is 13.3. The number of aryl methyl sites for hydroxylation is 1. The normalized spacial score (nSPS) is 20.2. The molecule has 8 heteroatoms. The first-order valence-electron chi connectivity index (χ1n) is 9.52. The summed E-state index contributed by atoms with van der Waals surface area (Å²) in [6.45, 7) is 3.98. The number of alkyl halides is 3. The SMILES string of the molecule is CC1CCc2onc(C(=O)N3CCN(c4cccc(C(F)(F)F)c4)CC3)c2C1. The van der Waals surface area contributed by atoms with Gasteiger partial charge in [-0.3, -0.25) is 4.79 Å². The average molecular weight is 393 g/mol. The average Bonchev–Trinajstić information content (AvgIpc) is 3.10. The Balaban J connectivity index is 1.44. The molecular formula is C20H22F3N3O2.